The predicted molar refractivity (Wildman–Crippen MR) is 115 cm³/mol. The molecule has 0 bridgehead atoms. The lowest BCUT2D eigenvalue weighted by Gasteiger charge is -2.24. The zero-order valence-electron chi connectivity index (χ0n) is 16.9. The highest BCUT2D eigenvalue weighted by Gasteiger charge is 2.33. The van der Waals surface area contributed by atoms with Crippen LogP contribution in [0, 0.1) is 5.82 Å². The monoisotopic (exact) mass is 455 g/mol. The highest BCUT2D eigenvalue weighted by Crippen LogP contribution is 2.22. The van der Waals surface area contributed by atoms with Crippen LogP contribution < -0.4 is 4.90 Å². The van der Waals surface area contributed by atoms with E-state index in [2.05, 4.69) is 0 Å². The molecule has 0 radical (unpaired) electrons. The van der Waals surface area contributed by atoms with Crippen molar-refractivity contribution in [3.8, 4) is 0 Å². The summed E-state index contributed by atoms with van der Waals surface area (Å²) < 4.78 is 19.5. The Labute approximate surface area is 188 Å². The topological polar surface area (TPSA) is 74.1 Å². The second kappa shape index (κ2) is 9.23. The van der Waals surface area contributed by atoms with Crippen molar-refractivity contribution in [2.24, 2.45) is 0 Å². The first-order valence-electron chi connectivity index (χ1n) is 9.82. The summed E-state index contributed by atoms with van der Waals surface area (Å²) in [6.45, 7) is -0.435. The Hall–Kier alpha value is -3.65. The van der Waals surface area contributed by atoms with Gasteiger partial charge < -0.3 is 14.2 Å². The highest BCUT2D eigenvalue weighted by molar-refractivity contribution is 6.30. The largest absolute Gasteiger partial charge is 0.467 e. The molecule has 4 rings (SSSR count). The van der Waals surface area contributed by atoms with Gasteiger partial charge in [-0.05, 0) is 48.5 Å². The van der Waals surface area contributed by atoms with Gasteiger partial charge in [0.1, 0.15) is 31.3 Å². The van der Waals surface area contributed by atoms with E-state index in [-0.39, 0.29) is 37.8 Å². The van der Waals surface area contributed by atoms with E-state index in [9.17, 15) is 18.8 Å². The van der Waals surface area contributed by atoms with Crippen molar-refractivity contribution >= 4 is 35.0 Å². The van der Waals surface area contributed by atoms with E-state index in [0.717, 1.165) is 0 Å². The lowest BCUT2D eigenvalue weighted by molar-refractivity contribution is -0.132. The zero-order valence-corrected chi connectivity index (χ0v) is 17.7. The van der Waals surface area contributed by atoms with Crippen LogP contribution in [-0.4, -0.2) is 47.3 Å². The summed E-state index contributed by atoms with van der Waals surface area (Å²) in [6, 6.07) is 15.6. The molecule has 1 aliphatic rings. The molecule has 0 unspecified atom stereocenters. The maximum atomic E-state index is 14.2. The average Bonchev–Trinajstić information content (AvgIpc) is 3.43. The van der Waals surface area contributed by atoms with Crippen molar-refractivity contribution < 1.29 is 23.2 Å². The van der Waals surface area contributed by atoms with Crippen molar-refractivity contribution in [3.63, 3.8) is 0 Å². The number of anilines is 1. The Kier molecular flexibility index (Phi) is 6.23. The van der Waals surface area contributed by atoms with Gasteiger partial charge in [-0.25, -0.2) is 4.39 Å². The van der Waals surface area contributed by atoms with E-state index in [1.165, 1.54) is 39.2 Å². The Balaban J connectivity index is 1.51. The van der Waals surface area contributed by atoms with Gasteiger partial charge in [0.2, 0.25) is 11.8 Å². The van der Waals surface area contributed by atoms with Crippen LogP contribution in [0.5, 0.6) is 0 Å². The molecule has 1 saturated heterocycles. The summed E-state index contributed by atoms with van der Waals surface area (Å²) in [6.07, 6.45) is 1.45. The van der Waals surface area contributed by atoms with E-state index in [1.807, 2.05) is 0 Å². The number of furan rings is 1. The molecule has 1 aromatic heterocycles. The Morgan fingerprint density at radius 3 is 2.50 bits per heavy atom. The van der Waals surface area contributed by atoms with Gasteiger partial charge in [-0.3, -0.25) is 19.3 Å². The summed E-state index contributed by atoms with van der Waals surface area (Å²) in [4.78, 5) is 42.5. The first-order valence-corrected chi connectivity index (χ1v) is 10.2. The molecule has 7 nitrogen and oxygen atoms in total. The van der Waals surface area contributed by atoms with Crippen molar-refractivity contribution in [2.75, 3.05) is 24.7 Å². The van der Waals surface area contributed by atoms with Crippen LogP contribution in [0.15, 0.2) is 71.3 Å². The smallest absolute Gasteiger partial charge is 0.257 e. The summed E-state index contributed by atoms with van der Waals surface area (Å²) in [7, 11) is 0. The lowest BCUT2D eigenvalue weighted by atomic mass is 10.1. The molecule has 3 aromatic rings. The van der Waals surface area contributed by atoms with Crippen molar-refractivity contribution in [2.45, 2.75) is 6.54 Å². The number of carbonyl (C=O) groups is 3. The van der Waals surface area contributed by atoms with Crippen LogP contribution in [0.25, 0.3) is 0 Å². The third kappa shape index (κ3) is 4.65. The average molecular weight is 456 g/mol. The quantitative estimate of drug-likeness (QED) is 0.569. The third-order valence-corrected chi connectivity index (χ3v) is 5.33. The van der Waals surface area contributed by atoms with Gasteiger partial charge in [-0.1, -0.05) is 23.7 Å². The van der Waals surface area contributed by atoms with E-state index in [0.29, 0.717) is 16.5 Å². The standard InChI is InChI=1S/C23H19ClFN3O4/c24-16-7-9-17(10-8-16)28-15-27(14-22(28)30)21(29)13-26(12-18-4-3-11-32-18)23(31)19-5-1-2-6-20(19)25/h1-11H,12-15H2. The van der Waals surface area contributed by atoms with Gasteiger partial charge in [-0.15, -0.1) is 0 Å². The molecule has 1 aliphatic heterocycles. The van der Waals surface area contributed by atoms with Crippen molar-refractivity contribution in [1.82, 2.24) is 9.80 Å². The van der Waals surface area contributed by atoms with Crippen LogP contribution in [0.4, 0.5) is 10.1 Å². The Morgan fingerprint density at radius 2 is 1.81 bits per heavy atom. The van der Waals surface area contributed by atoms with Crippen molar-refractivity contribution in [1.29, 1.82) is 0 Å². The van der Waals surface area contributed by atoms with Crippen LogP contribution in [0.2, 0.25) is 5.02 Å². The molecule has 2 aromatic carbocycles. The maximum absolute atomic E-state index is 14.2. The SMILES string of the molecule is O=C(CN(Cc1ccco1)C(=O)c1ccccc1F)N1CC(=O)N(c2ccc(Cl)cc2)C1. The van der Waals surface area contributed by atoms with Gasteiger partial charge >= 0.3 is 0 Å². The number of nitrogens with zero attached hydrogens (tertiary/aromatic N) is 3. The number of hydrogen-bond donors (Lipinski definition) is 0. The van der Waals surface area contributed by atoms with Gasteiger partial charge in [0.25, 0.3) is 5.91 Å². The fourth-order valence-electron chi connectivity index (χ4n) is 3.42. The minimum Gasteiger partial charge on any atom is -0.467 e. The van der Waals surface area contributed by atoms with Gasteiger partial charge in [0.15, 0.2) is 0 Å². The van der Waals surface area contributed by atoms with Crippen LogP contribution in [0.1, 0.15) is 16.1 Å². The molecule has 9 heteroatoms. The number of carbonyl (C=O) groups excluding carboxylic acids is 3. The molecule has 0 spiro atoms. The summed E-state index contributed by atoms with van der Waals surface area (Å²) in [5.74, 6) is -1.57. The van der Waals surface area contributed by atoms with Gasteiger partial charge in [0, 0.05) is 10.7 Å². The highest BCUT2D eigenvalue weighted by atomic mass is 35.5. The second-order valence-electron chi connectivity index (χ2n) is 7.25. The van der Waals surface area contributed by atoms with Crippen LogP contribution >= 0.6 is 11.6 Å². The van der Waals surface area contributed by atoms with E-state index >= 15 is 0 Å². The van der Waals surface area contributed by atoms with E-state index < -0.39 is 17.6 Å². The third-order valence-electron chi connectivity index (χ3n) is 5.07. The van der Waals surface area contributed by atoms with Gasteiger partial charge in [0.05, 0.1) is 18.4 Å². The summed E-state index contributed by atoms with van der Waals surface area (Å²) in [5.41, 5.74) is 0.469. The molecule has 3 amide bonds. The lowest BCUT2D eigenvalue weighted by Crippen LogP contribution is -2.42. The molecule has 2 heterocycles. The molecule has 0 atom stereocenters. The molecule has 32 heavy (non-hydrogen) atoms. The number of benzene rings is 2. The molecule has 0 aliphatic carbocycles. The number of rotatable bonds is 6. The molecule has 0 saturated carbocycles. The fourth-order valence-corrected chi connectivity index (χ4v) is 3.55. The zero-order chi connectivity index (χ0) is 22.7. The first kappa shape index (κ1) is 21.6. The minimum absolute atomic E-state index is 0.0193. The van der Waals surface area contributed by atoms with Crippen molar-refractivity contribution in [3.05, 3.63) is 89.1 Å². The normalized spacial score (nSPS) is 13.5. The molecular weight excluding hydrogens is 437 g/mol. The first-order chi connectivity index (χ1) is 15.4. The Bertz CT molecular complexity index is 1130. The molecule has 0 N–H and O–H groups in total. The van der Waals surface area contributed by atoms with E-state index in [1.54, 1.807) is 42.5 Å². The Morgan fingerprint density at radius 1 is 1.06 bits per heavy atom. The summed E-state index contributed by atoms with van der Waals surface area (Å²) >= 11 is 5.90. The molecular formula is C23H19ClFN3O4. The predicted octanol–water partition coefficient (Wildman–Crippen LogP) is 3.55. The second-order valence-corrected chi connectivity index (χ2v) is 7.69. The molecule has 1 fully saturated rings. The minimum atomic E-state index is -0.681. The molecule has 164 valence electrons. The van der Waals surface area contributed by atoms with Crippen LogP contribution in [-0.2, 0) is 16.1 Å². The number of amides is 3. The maximum Gasteiger partial charge on any atom is 0.257 e. The van der Waals surface area contributed by atoms with Gasteiger partial charge in [-0.2, -0.15) is 0 Å². The van der Waals surface area contributed by atoms with Crippen LogP contribution in [0.3, 0.4) is 0 Å². The van der Waals surface area contributed by atoms with E-state index in [4.69, 9.17) is 16.0 Å². The fraction of sp³-hybridized carbons (Fsp3) is 0.174. The number of halogens is 2. The summed E-state index contributed by atoms with van der Waals surface area (Å²) in [5, 5.41) is 0.536. The number of hydrogen-bond acceptors (Lipinski definition) is 4.